The van der Waals surface area contributed by atoms with E-state index in [0.717, 1.165) is 0 Å². The molecule has 1 nitrogen and oxygen atoms in total. The van der Waals surface area contributed by atoms with Gasteiger partial charge in [-0.15, -0.1) is 0 Å². The molecule has 3 rings (SSSR count). The summed E-state index contributed by atoms with van der Waals surface area (Å²) in [6, 6.07) is 12.9. The molecule has 92 valence electrons. The molecule has 0 amide bonds. The highest BCUT2D eigenvalue weighted by Gasteiger charge is 2.35. The Morgan fingerprint density at radius 2 is 1.78 bits per heavy atom. The van der Waals surface area contributed by atoms with Crippen LogP contribution in [0.1, 0.15) is 23.6 Å². The lowest BCUT2D eigenvalue weighted by molar-refractivity contribution is 0.540. The van der Waals surface area contributed by atoms with Crippen molar-refractivity contribution in [1.29, 1.82) is 0 Å². The molecule has 0 heterocycles. The first-order chi connectivity index (χ1) is 8.48. The van der Waals surface area contributed by atoms with Gasteiger partial charge in [-0.05, 0) is 47.5 Å². The molecule has 1 N–H and O–H groups in total. The molecule has 2 heteroatoms. The molecule has 0 aromatic heterocycles. The van der Waals surface area contributed by atoms with E-state index >= 15 is 0 Å². The van der Waals surface area contributed by atoms with Gasteiger partial charge in [0.2, 0.25) is 0 Å². The van der Waals surface area contributed by atoms with Crippen LogP contribution in [0.4, 0.5) is 0 Å². The molecule has 1 aliphatic carbocycles. The zero-order chi connectivity index (χ0) is 12.9. The minimum atomic E-state index is -2.18. The lowest BCUT2D eigenvalue weighted by atomic mass is 9.98. The normalized spacial score (nSPS) is 18.9. The SMILES string of the molecule is CC1=CC([Si](C)(C)O)c2ccc3ccccc3c21. The van der Waals surface area contributed by atoms with E-state index < -0.39 is 8.32 Å². The third-order valence-electron chi connectivity index (χ3n) is 3.87. The van der Waals surface area contributed by atoms with Crippen molar-refractivity contribution in [2.45, 2.75) is 25.6 Å². The van der Waals surface area contributed by atoms with Crippen LogP contribution in [0.15, 0.2) is 42.5 Å². The first-order valence-corrected chi connectivity index (χ1v) is 9.44. The number of allylic oxidation sites excluding steroid dienone is 2. The fourth-order valence-electron chi connectivity index (χ4n) is 3.00. The van der Waals surface area contributed by atoms with Gasteiger partial charge in [-0.2, -0.15) is 0 Å². The lowest BCUT2D eigenvalue weighted by Crippen LogP contribution is -2.33. The largest absolute Gasteiger partial charge is 0.431 e. The van der Waals surface area contributed by atoms with Gasteiger partial charge in [0, 0.05) is 5.54 Å². The van der Waals surface area contributed by atoms with Gasteiger partial charge in [-0.1, -0.05) is 42.5 Å². The second kappa shape index (κ2) is 3.80. The quantitative estimate of drug-likeness (QED) is 0.760. The smallest absolute Gasteiger partial charge is 0.193 e. The Hall–Kier alpha value is -1.38. The van der Waals surface area contributed by atoms with E-state index in [2.05, 4.69) is 49.4 Å². The van der Waals surface area contributed by atoms with Gasteiger partial charge < -0.3 is 4.80 Å². The van der Waals surface area contributed by atoms with Gasteiger partial charge in [0.25, 0.3) is 0 Å². The van der Waals surface area contributed by atoms with E-state index in [1.165, 1.54) is 27.5 Å². The molecule has 1 unspecified atom stereocenters. The standard InChI is InChI=1S/C16H18OSi/c1-11-10-15(18(2,3)17)14-9-8-12-6-4-5-7-13(12)16(11)14/h4-10,15,17H,1-3H3. The Balaban J connectivity index is 2.31. The second-order valence-electron chi connectivity index (χ2n) is 5.73. The minimum Gasteiger partial charge on any atom is -0.431 e. The summed E-state index contributed by atoms with van der Waals surface area (Å²) in [4.78, 5) is 10.4. The molecule has 0 aliphatic heterocycles. The predicted octanol–water partition coefficient (Wildman–Crippen LogP) is 4.08. The van der Waals surface area contributed by atoms with Gasteiger partial charge in [0.1, 0.15) is 0 Å². The van der Waals surface area contributed by atoms with Crippen LogP contribution in [-0.4, -0.2) is 13.1 Å². The van der Waals surface area contributed by atoms with Crippen LogP contribution in [0, 0.1) is 0 Å². The van der Waals surface area contributed by atoms with Crippen molar-refractivity contribution in [2.24, 2.45) is 0 Å². The third-order valence-corrected chi connectivity index (χ3v) is 5.87. The molecule has 0 saturated heterocycles. The Kier molecular flexibility index (Phi) is 2.47. The monoisotopic (exact) mass is 254 g/mol. The van der Waals surface area contributed by atoms with Crippen molar-refractivity contribution in [3.05, 3.63) is 53.6 Å². The van der Waals surface area contributed by atoms with E-state index in [1.54, 1.807) is 0 Å². The molecule has 0 bridgehead atoms. The average molecular weight is 254 g/mol. The highest BCUT2D eigenvalue weighted by Crippen LogP contribution is 2.43. The number of benzene rings is 2. The van der Waals surface area contributed by atoms with Gasteiger partial charge in [0.15, 0.2) is 8.32 Å². The summed E-state index contributed by atoms with van der Waals surface area (Å²) in [5.74, 6) is 0. The fourth-order valence-corrected chi connectivity index (χ4v) is 4.65. The molecule has 0 spiro atoms. The topological polar surface area (TPSA) is 20.2 Å². The van der Waals surface area contributed by atoms with Crippen LogP contribution in [0.5, 0.6) is 0 Å². The number of hydrogen-bond donors (Lipinski definition) is 1. The van der Waals surface area contributed by atoms with Gasteiger partial charge in [-0.25, -0.2) is 0 Å². The molecule has 2 aromatic rings. The molecule has 2 aromatic carbocycles. The van der Waals surface area contributed by atoms with Crippen molar-refractivity contribution >= 4 is 24.7 Å². The van der Waals surface area contributed by atoms with Crippen LogP contribution >= 0.6 is 0 Å². The maximum Gasteiger partial charge on any atom is 0.193 e. The van der Waals surface area contributed by atoms with Crippen molar-refractivity contribution in [3.63, 3.8) is 0 Å². The van der Waals surface area contributed by atoms with Crippen molar-refractivity contribution in [2.75, 3.05) is 0 Å². The highest BCUT2D eigenvalue weighted by atomic mass is 28.4. The first-order valence-electron chi connectivity index (χ1n) is 6.41. The number of hydrogen-bond acceptors (Lipinski definition) is 1. The third kappa shape index (κ3) is 1.64. The summed E-state index contributed by atoms with van der Waals surface area (Å²) in [6.07, 6.45) is 2.25. The first kappa shape index (κ1) is 11.7. The van der Waals surface area contributed by atoms with Gasteiger partial charge in [0.05, 0.1) is 0 Å². The fraction of sp³-hybridized carbons (Fsp3) is 0.250. The molecular weight excluding hydrogens is 236 g/mol. The Morgan fingerprint density at radius 1 is 1.06 bits per heavy atom. The molecule has 1 atom stereocenters. The average Bonchev–Trinajstić information content (AvgIpc) is 2.67. The summed E-state index contributed by atoms with van der Waals surface area (Å²) in [5.41, 5.74) is 4.19. The molecular formula is C16H18OSi. The molecule has 0 radical (unpaired) electrons. The lowest BCUT2D eigenvalue weighted by Gasteiger charge is -2.22. The van der Waals surface area contributed by atoms with Crippen LogP contribution in [0.3, 0.4) is 0 Å². The van der Waals surface area contributed by atoms with Crippen molar-refractivity contribution in [3.8, 4) is 0 Å². The summed E-state index contributed by atoms with van der Waals surface area (Å²) in [7, 11) is -2.18. The Morgan fingerprint density at radius 3 is 2.50 bits per heavy atom. The summed E-state index contributed by atoms with van der Waals surface area (Å²) in [6.45, 7) is 6.20. The zero-order valence-corrected chi connectivity index (χ0v) is 12.1. The van der Waals surface area contributed by atoms with E-state index in [-0.39, 0.29) is 5.54 Å². The van der Waals surface area contributed by atoms with Crippen molar-refractivity contribution in [1.82, 2.24) is 0 Å². The molecule has 0 fully saturated rings. The van der Waals surface area contributed by atoms with Crippen LogP contribution in [-0.2, 0) is 0 Å². The Labute approximate surface area is 109 Å². The predicted molar refractivity (Wildman–Crippen MR) is 80.0 cm³/mol. The summed E-state index contributed by atoms with van der Waals surface area (Å²) < 4.78 is 0. The van der Waals surface area contributed by atoms with Crippen LogP contribution in [0.25, 0.3) is 16.3 Å². The minimum absolute atomic E-state index is 0.233. The maximum absolute atomic E-state index is 10.4. The Bertz CT molecular complexity index is 650. The van der Waals surface area contributed by atoms with Gasteiger partial charge >= 0.3 is 0 Å². The van der Waals surface area contributed by atoms with E-state index in [1.807, 2.05) is 13.1 Å². The molecule has 0 saturated carbocycles. The van der Waals surface area contributed by atoms with Crippen LogP contribution < -0.4 is 0 Å². The summed E-state index contributed by atoms with van der Waals surface area (Å²) >= 11 is 0. The van der Waals surface area contributed by atoms with Crippen molar-refractivity contribution < 1.29 is 4.80 Å². The molecule has 1 aliphatic rings. The van der Waals surface area contributed by atoms with E-state index in [0.29, 0.717) is 0 Å². The zero-order valence-electron chi connectivity index (χ0n) is 11.1. The summed E-state index contributed by atoms with van der Waals surface area (Å²) in [5, 5.41) is 2.59. The van der Waals surface area contributed by atoms with E-state index in [4.69, 9.17) is 0 Å². The molecule has 18 heavy (non-hydrogen) atoms. The highest BCUT2D eigenvalue weighted by molar-refractivity contribution is 6.72. The number of rotatable bonds is 1. The van der Waals surface area contributed by atoms with E-state index in [9.17, 15) is 4.80 Å². The van der Waals surface area contributed by atoms with Crippen LogP contribution in [0.2, 0.25) is 13.1 Å². The van der Waals surface area contributed by atoms with Gasteiger partial charge in [-0.3, -0.25) is 0 Å². The number of fused-ring (bicyclic) bond motifs is 3. The second-order valence-corrected chi connectivity index (χ2v) is 9.66. The maximum atomic E-state index is 10.4.